The third-order valence-corrected chi connectivity index (χ3v) is 2.67. The van der Waals surface area contributed by atoms with Crippen LogP contribution in [-0.4, -0.2) is 12.1 Å². The smallest absolute Gasteiger partial charge is 0.272 e. The lowest BCUT2D eigenvalue weighted by Gasteiger charge is -2.11. The molecule has 0 spiro atoms. The highest BCUT2D eigenvalue weighted by molar-refractivity contribution is 5.79. The van der Waals surface area contributed by atoms with Crippen LogP contribution in [0.2, 0.25) is 0 Å². The van der Waals surface area contributed by atoms with Crippen molar-refractivity contribution >= 4 is 22.5 Å². The van der Waals surface area contributed by atoms with E-state index in [0.29, 0.717) is 11.3 Å². The molecule has 0 aliphatic heterocycles. The molecule has 90 valence electrons. The van der Waals surface area contributed by atoms with Gasteiger partial charge in [-0.1, -0.05) is 0 Å². The van der Waals surface area contributed by atoms with Crippen LogP contribution in [0, 0.1) is 0 Å². The molecule has 0 unspecified atom stereocenters. The molecule has 0 saturated carbocycles. The average molecular weight is 244 g/mol. The maximum absolute atomic E-state index is 11.4. The van der Waals surface area contributed by atoms with Crippen LogP contribution in [0.4, 0.5) is 11.4 Å². The highest BCUT2D eigenvalue weighted by Crippen LogP contribution is 2.24. The Morgan fingerprint density at radius 3 is 2.89 bits per heavy atom. The number of nitrogens with one attached hydrogen (secondary N) is 1. The van der Waals surface area contributed by atoms with Crippen LogP contribution in [0.15, 0.2) is 38.6 Å². The summed E-state index contributed by atoms with van der Waals surface area (Å²) in [6.07, 6.45) is 1.34. The quantitative estimate of drug-likeness (QED) is 0.696. The Hall–Kier alpha value is -2.63. The molecule has 0 atom stereocenters. The van der Waals surface area contributed by atoms with E-state index >= 15 is 0 Å². The van der Waals surface area contributed by atoms with E-state index < -0.39 is 10.9 Å². The maximum atomic E-state index is 11.4. The minimum absolute atomic E-state index is 0.0534. The van der Waals surface area contributed by atoms with E-state index in [9.17, 15) is 9.59 Å². The molecule has 2 aromatic carbocycles. The van der Waals surface area contributed by atoms with E-state index in [-0.39, 0.29) is 11.4 Å². The number of hydrogen-bond donors (Lipinski definition) is 1. The van der Waals surface area contributed by atoms with Gasteiger partial charge in [-0.2, -0.15) is 0 Å². The number of fused-ring (bicyclic) bond motifs is 1. The third kappa shape index (κ3) is 1.39. The summed E-state index contributed by atoms with van der Waals surface area (Å²) in [4.78, 5) is 26.5. The molecule has 0 aliphatic carbocycles. The zero-order valence-electron chi connectivity index (χ0n) is 9.39. The summed E-state index contributed by atoms with van der Waals surface area (Å²) in [6.45, 7) is 0. The molecule has 3 aromatic rings. The van der Waals surface area contributed by atoms with Crippen molar-refractivity contribution in [2.24, 2.45) is 0 Å². The Labute approximate surface area is 101 Å². The number of methoxy groups -OCH3 is 1. The second-order valence-electron chi connectivity index (χ2n) is 3.73. The number of hydrogen-bond acceptors (Lipinski definition) is 6. The lowest BCUT2D eigenvalue weighted by Crippen LogP contribution is -2.34. The number of nitrogens with zero attached hydrogens (tertiary/aromatic N) is 1. The van der Waals surface area contributed by atoms with Crippen LogP contribution in [0.1, 0.15) is 0 Å². The van der Waals surface area contributed by atoms with Gasteiger partial charge in [-0.15, -0.1) is 0 Å². The second kappa shape index (κ2) is 3.69. The van der Waals surface area contributed by atoms with Gasteiger partial charge in [0, 0.05) is 11.8 Å². The van der Waals surface area contributed by atoms with Crippen LogP contribution >= 0.6 is 0 Å². The highest BCUT2D eigenvalue weighted by Gasteiger charge is 2.21. The summed E-state index contributed by atoms with van der Waals surface area (Å²) in [5, 5.41) is 2.84. The lowest BCUT2D eigenvalue weighted by molar-refractivity contribution is 0.408. The first-order valence-corrected chi connectivity index (χ1v) is 5.18. The molecule has 0 fully saturated rings. The monoisotopic (exact) mass is 244 g/mol. The van der Waals surface area contributed by atoms with E-state index in [1.165, 1.54) is 13.5 Å². The summed E-state index contributed by atoms with van der Waals surface area (Å²) >= 11 is 0. The summed E-state index contributed by atoms with van der Waals surface area (Å²) in [6, 6.07) is 5.18. The van der Waals surface area contributed by atoms with Crippen LogP contribution < -0.4 is 20.9 Å². The fourth-order valence-corrected chi connectivity index (χ4v) is 1.76. The Bertz CT molecular complexity index is 796. The number of rotatable bonds is 3. The summed E-state index contributed by atoms with van der Waals surface area (Å²) < 4.78 is 9.98. The molecule has 0 bridgehead atoms. The Kier molecular flexibility index (Phi) is 2.16. The van der Waals surface area contributed by atoms with Gasteiger partial charge in [0.1, 0.15) is 11.2 Å². The van der Waals surface area contributed by atoms with Gasteiger partial charge in [-0.05, 0) is 12.1 Å². The predicted molar refractivity (Wildman–Crippen MR) is 65.2 cm³/mol. The minimum Gasteiger partial charge on any atom is -0.491 e. The Balaban J connectivity index is 1.99. The first-order chi connectivity index (χ1) is 8.70. The van der Waals surface area contributed by atoms with Gasteiger partial charge in [-0.25, -0.2) is 4.98 Å². The summed E-state index contributed by atoms with van der Waals surface area (Å²) in [7, 11) is 1.35. The molecule has 6 nitrogen and oxygen atoms in total. The number of benzene rings is 1. The second-order valence-corrected chi connectivity index (χ2v) is 3.73. The van der Waals surface area contributed by atoms with Gasteiger partial charge in [0.05, 0.1) is 7.11 Å². The molecule has 0 amide bonds. The SMILES string of the molecule is COc1c(Nc2ccc3ncoc3c2)c(=O)c1=O. The van der Waals surface area contributed by atoms with Crippen molar-refractivity contribution in [3.8, 4) is 5.75 Å². The molecule has 6 heteroatoms. The fourth-order valence-electron chi connectivity index (χ4n) is 1.76. The standard InChI is InChI=1S/C12H8N2O4/c1-17-12-9(10(15)11(12)16)14-6-2-3-7-8(4-6)18-5-13-7/h2-5,14H,1H3. The van der Waals surface area contributed by atoms with Gasteiger partial charge >= 0.3 is 0 Å². The van der Waals surface area contributed by atoms with Crippen LogP contribution in [0.5, 0.6) is 5.75 Å². The van der Waals surface area contributed by atoms with Crippen LogP contribution in [0.3, 0.4) is 0 Å². The van der Waals surface area contributed by atoms with Gasteiger partial charge in [-0.3, -0.25) is 9.59 Å². The molecule has 18 heavy (non-hydrogen) atoms. The number of oxazole rings is 1. The van der Waals surface area contributed by atoms with Crippen LogP contribution in [-0.2, 0) is 0 Å². The van der Waals surface area contributed by atoms with Crippen LogP contribution in [0.25, 0.3) is 11.1 Å². The molecular formula is C12H8N2O4. The van der Waals surface area contributed by atoms with Crippen molar-refractivity contribution in [1.82, 2.24) is 4.98 Å². The summed E-state index contributed by atoms with van der Waals surface area (Å²) in [5.41, 5.74) is 0.923. The zero-order valence-corrected chi connectivity index (χ0v) is 9.39. The Morgan fingerprint density at radius 1 is 1.28 bits per heavy atom. The van der Waals surface area contributed by atoms with E-state index in [2.05, 4.69) is 10.3 Å². The molecular weight excluding hydrogens is 236 g/mol. The molecule has 0 saturated heterocycles. The van der Waals surface area contributed by atoms with Crippen molar-refractivity contribution < 1.29 is 9.15 Å². The van der Waals surface area contributed by atoms with Crippen molar-refractivity contribution in [2.75, 3.05) is 12.4 Å². The fraction of sp³-hybridized carbons (Fsp3) is 0.0833. The third-order valence-electron chi connectivity index (χ3n) is 2.67. The van der Waals surface area contributed by atoms with Crippen molar-refractivity contribution in [1.29, 1.82) is 0 Å². The molecule has 1 heterocycles. The van der Waals surface area contributed by atoms with E-state index in [4.69, 9.17) is 9.15 Å². The molecule has 0 aliphatic rings. The highest BCUT2D eigenvalue weighted by atomic mass is 16.5. The molecule has 1 N–H and O–H groups in total. The average Bonchev–Trinajstić information content (AvgIpc) is 2.85. The van der Waals surface area contributed by atoms with Crippen molar-refractivity contribution in [2.45, 2.75) is 0 Å². The zero-order chi connectivity index (χ0) is 12.7. The first kappa shape index (κ1) is 10.5. The maximum Gasteiger partial charge on any atom is 0.272 e. The van der Waals surface area contributed by atoms with Crippen molar-refractivity contribution in [3.63, 3.8) is 0 Å². The largest absolute Gasteiger partial charge is 0.491 e. The van der Waals surface area contributed by atoms with E-state index in [1.54, 1.807) is 18.2 Å². The number of aromatic nitrogens is 1. The molecule has 0 radical (unpaired) electrons. The Morgan fingerprint density at radius 2 is 2.11 bits per heavy atom. The number of ether oxygens (including phenoxy) is 1. The normalized spacial score (nSPS) is 10.9. The van der Waals surface area contributed by atoms with Gasteiger partial charge in [0.15, 0.2) is 17.7 Å². The number of anilines is 2. The lowest BCUT2D eigenvalue weighted by atomic mass is 10.2. The van der Waals surface area contributed by atoms with E-state index in [1.807, 2.05) is 0 Å². The predicted octanol–water partition coefficient (Wildman–Crippen LogP) is 1.18. The first-order valence-electron chi connectivity index (χ1n) is 5.18. The van der Waals surface area contributed by atoms with Crippen molar-refractivity contribution in [3.05, 3.63) is 45.0 Å². The van der Waals surface area contributed by atoms with Gasteiger partial charge in [0.25, 0.3) is 10.9 Å². The molecule has 1 aromatic heterocycles. The van der Waals surface area contributed by atoms with E-state index in [0.717, 1.165) is 5.52 Å². The van der Waals surface area contributed by atoms with Gasteiger partial charge < -0.3 is 14.5 Å². The van der Waals surface area contributed by atoms with Gasteiger partial charge in [0.2, 0.25) is 0 Å². The molecule has 3 rings (SSSR count). The topological polar surface area (TPSA) is 81.4 Å². The minimum atomic E-state index is -0.610. The summed E-state index contributed by atoms with van der Waals surface area (Å²) in [5.74, 6) is 0.0534.